The molecule has 0 rings (SSSR count). The van der Waals surface area contributed by atoms with Crippen LogP contribution in [-0.4, -0.2) is 25.6 Å². The Morgan fingerprint density at radius 2 is 1.69 bits per heavy atom. The van der Waals surface area contributed by atoms with Crippen LogP contribution in [0.25, 0.3) is 0 Å². The highest BCUT2D eigenvalue weighted by molar-refractivity contribution is 7.92. The van der Waals surface area contributed by atoms with Gasteiger partial charge in [-0.15, -0.1) is 0 Å². The Balaban J connectivity index is 4.92. The average molecular weight is 257 g/mol. The molecule has 0 aliphatic rings. The molecule has 94 valence electrons. The van der Waals surface area contributed by atoms with Crippen molar-refractivity contribution in [1.82, 2.24) is 0 Å². The highest BCUT2D eigenvalue weighted by Crippen LogP contribution is 2.28. The number of alkyl halides is 3. The van der Waals surface area contributed by atoms with E-state index in [1.807, 2.05) is 0 Å². The smallest absolute Gasteiger partial charge is 0.228 e. The summed E-state index contributed by atoms with van der Waals surface area (Å²) in [6, 6.07) is 0.988. The van der Waals surface area contributed by atoms with Gasteiger partial charge >= 0.3 is 6.18 Å². The van der Waals surface area contributed by atoms with Crippen molar-refractivity contribution in [3.8, 4) is 6.07 Å². The predicted octanol–water partition coefficient (Wildman–Crippen LogP) is 2.15. The van der Waals surface area contributed by atoms with Crippen LogP contribution in [0.2, 0.25) is 0 Å². The van der Waals surface area contributed by atoms with Crippen molar-refractivity contribution in [2.75, 3.05) is 5.75 Å². The molecule has 0 aromatic rings. The van der Waals surface area contributed by atoms with E-state index in [2.05, 4.69) is 0 Å². The molecular weight excluding hydrogens is 243 g/mol. The van der Waals surface area contributed by atoms with E-state index in [9.17, 15) is 21.6 Å². The molecule has 0 bridgehead atoms. The molecule has 16 heavy (non-hydrogen) atoms. The molecule has 0 aromatic heterocycles. The van der Waals surface area contributed by atoms with E-state index < -0.39 is 32.9 Å². The quantitative estimate of drug-likeness (QED) is 0.775. The molecule has 0 N–H and O–H groups in total. The van der Waals surface area contributed by atoms with Gasteiger partial charge in [0.05, 0.1) is 17.1 Å². The second-order valence-electron chi connectivity index (χ2n) is 4.00. The zero-order valence-electron chi connectivity index (χ0n) is 9.25. The van der Waals surface area contributed by atoms with Gasteiger partial charge in [-0.05, 0) is 12.8 Å². The fraction of sp³-hybridized carbons (Fsp3) is 0.889. The maximum atomic E-state index is 12.2. The van der Waals surface area contributed by atoms with E-state index in [0.717, 1.165) is 6.07 Å². The molecular formula is C9H14F3NO2S. The number of nitriles is 1. The van der Waals surface area contributed by atoms with Crippen LogP contribution in [-0.2, 0) is 9.84 Å². The first kappa shape index (κ1) is 15.2. The highest BCUT2D eigenvalue weighted by Gasteiger charge is 2.43. The minimum Gasteiger partial charge on any atom is -0.228 e. The Morgan fingerprint density at radius 1 is 1.25 bits per heavy atom. The Kier molecular flexibility index (Phi) is 4.80. The summed E-state index contributed by atoms with van der Waals surface area (Å²) < 4.78 is 59.8. The van der Waals surface area contributed by atoms with E-state index in [-0.39, 0.29) is 5.92 Å². The standard InChI is InChI=1S/C9H14F3NO2S/c1-6(2)7(3)16(14,15)5-8(4-13)9(10,11)12/h6-8H,5H2,1-3H3. The molecule has 0 radical (unpaired) electrons. The first-order chi connectivity index (χ1) is 7.02. The Hall–Kier alpha value is -0.770. The number of hydrogen-bond acceptors (Lipinski definition) is 3. The van der Waals surface area contributed by atoms with Gasteiger partial charge in [0.2, 0.25) is 0 Å². The van der Waals surface area contributed by atoms with Crippen LogP contribution in [0, 0.1) is 23.2 Å². The summed E-state index contributed by atoms with van der Waals surface area (Å²) in [5.41, 5.74) is 0. The van der Waals surface area contributed by atoms with Crippen molar-refractivity contribution >= 4 is 9.84 Å². The first-order valence-corrected chi connectivity index (χ1v) is 6.41. The topological polar surface area (TPSA) is 57.9 Å². The fourth-order valence-electron chi connectivity index (χ4n) is 1.00. The van der Waals surface area contributed by atoms with Gasteiger partial charge in [0.25, 0.3) is 0 Å². The summed E-state index contributed by atoms with van der Waals surface area (Å²) in [6.45, 7) is 4.57. The van der Waals surface area contributed by atoms with Gasteiger partial charge in [-0.3, -0.25) is 0 Å². The van der Waals surface area contributed by atoms with Gasteiger partial charge in [-0.1, -0.05) is 13.8 Å². The lowest BCUT2D eigenvalue weighted by molar-refractivity contribution is -0.153. The van der Waals surface area contributed by atoms with Crippen molar-refractivity contribution in [2.24, 2.45) is 11.8 Å². The van der Waals surface area contributed by atoms with Gasteiger partial charge in [-0.2, -0.15) is 18.4 Å². The fourth-order valence-corrected chi connectivity index (χ4v) is 2.86. The molecule has 0 aliphatic heterocycles. The Bertz CT molecular complexity index is 367. The lowest BCUT2D eigenvalue weighted by Crippen LogP contribution is -2.34. The van der Waals surface area contributed by atoms with E-state index >= 15 is 0 Å². The van der Waals surface area contributed by atoms with Gasteiger partial charge in [0.15, 0.2) is 15.8 Å². The number of nitrogens with zero attached hydrogens (tertiary/aromatic N) is 1. The molecule has 0 amide bonds. The molecule has 0 saturated heterocycles. The first-order valence-electron chi connectivity index (χ1n) is 4.70. The van der Waals surface area contributed by atoms with Crippen LogP contribution >= 0.6 is 0 Å². The number of halogens is 3. The minimum atomic E-state index is -4.79. The lowest BCUT2D eigenvalue weighted by atomic mass is 10.2. The zero-order chi connectivity index (χ0) is 13.1. The average Bonchev–Trinajstić information content (AvgIpc) is 2.10. The summed E-state index contributed by atoms with van der Waals surface area (Å²) in [5, 5.41) is 7.43. The molecule has 0 aromatic carbocycles. The largest absolute Gasteiger partial charge is 0.405 e. The molecule has 0 saturated carbocycles. The second-order valence-corrected chi connectivity index (χ2v) is 6.40. The molecule has 2 unspecified atom stereocenters. The van der Waals surface area contributed by atoms with Crippen molar-refractivity contribution in [1.29, 1.82) is 5.26 Å². The predicted molar refractivity (Wildman–Crippen MR) is 53.2 cm³/mol. The summed E-state index contributed by atoms with van der Waals surface area (Å²) >= 11 is 0. The van der Waals surface area contributed by atoms with Crippen molar-refractivity contribution < 1.29 is 21.6 Å². The third-order valence-electron chi connectivity index (χ3n) is 2.46. The maximum absolute atomic E-state index is 12.2. The van der Waals surface area contributed by atoms with Gasteiger partial charge in [0, 0.05) is 0 Å². The molecule has 3 nitrogen and oxygen atoms in total. The summed E-state index contributed by atoms with van der Waals surface area (Å²) in [7, 11) is -3.90. The summed E-state index contributed by atoms with van der Waals surface area (Å²) in [6.07, 6.45) is -4.79. The molecule has 0 heterocycles. The third-order valence-corrected chi connectivity index (χ3v) is 4.93. The number of rotatable bonds is 4. The van der Waals surface area contributed by atoms with E-state index in [4.69, 9.17) is 5.26 Å². The number of sulfone groups is 1. The van der Waals surface area contributed by atoms with Crippen LogP contribution in [0.4, 0.5) is 13.2 Å². The van der Waals surface area contributed by atoms with E-state index in [1.54, 1.807) is 13.8 Å². The highest BCUT2D eigenvalue weighted by atomic mass is 32.2. The molecule has 0 spiro atoms. The number of hydrogen-bond donors (Lipinski definition) is 0. The van der Waals surface area contributed by atoms with Crippen LogP contribution in [0.1, 0.15) is 20.8 Å². The van der Waals surface area contributed by atoms with Crippen LogP contribution in [0.3, 0.4) is 0 Å². The van der Waals surface area contributed by atoms with Gasteiger partial charge < -0.3 is 0 Å². The molecule has 0 fully saturated rings. The van der Waals surface area contributed by atoms with E-state index in [0.29, 0.717) is 0 Å². The monoisotopic (exact) mass is 257 g/mol. The Morgan fingerprint density at radius 3 is 1.94 bits per heavy atom. The van der Waals surface area contributed by atoms with Crippen molar-refractivity contribution in [3.63, 3.8) is 0 Å². The second kappa shape index (κ2) is 5.04. The maximum Gasteiger partial charge on any atom is 0.405 e. The zero-order valence-corrected chi connectivity index (χ0v) is 10.1. The normalized spacial score (nSPS) is 16.9. The SMILES string of the molecule is CC(C)C(C)S(=O)(=O)CC(C#N)C(F)(F)F. The molecule has 7 heteroatoms. The Labute approximate surface area is 93.2 Å². The summed E-state index contributed by atoms with van der Waals surface area (Å²) in [4.78, 5) is 0. The van der Waals surface area contributed by atoms with Crippen LogP contribution in [0.15, 0.2) is 0 Å². The van der Waals surface area contributed by atoms with Gasteiger partial charge in [0.1, 0.15) is 0 Å². The summed E-state index contributed by atoms with van der Waals surface area (Å²) in [5.74, 6) is -3.89. The molecule has 2 atom stereocenters. The van der Waals surface area contributed by atoms with E-state index in [1.165, 1.54) is 6.92 Å². The van der Waals surface area contributed by atoms with Crippen molar-refractivity contribution in [3.05, 3.63) is 0 Å². The minimum absolute atomic E-state index is 0.280. The van der Waals surface area contributed by atoms with Gasteiger partial charge in [-0.25, -0.2) is 8.42 Å². The third kappa shape index (κ3) is 4.00. The van der Waals surface area contributed by atoms with Crippen molar-refractivity contribution in [2.45, 2.75) is 32.2 Å². The molecule has 0 aliphatic carbocycles. The lowest BCUT2D eigenvalue weighted by Gasteiger charge is -2.19. The van der Waals surface area contributed by atoms with Crippen LogP contribution in [0.5, 0.6) is 0 Å². The van der Waals surface area contributed by atoms with Crippen LogP contribution < -0.4 is 0 Å².